The summed E-state index contributed by atoms with van der Waals surface area (Å²) in [6, 6.07) is 0. The second-order valence-corrected chi connectivity index (χ2v) is 13.1. The molecular formula is C26H40O3. The normalized spacial score (nSPS) is 62.1. The van der Waals surface area contributed by atoms with Crippen LogP contribution in [0.1, 0.15) is 91.9 Å². The van der Waals surface area contributed by atoms with Crippen LogP contribution in [-0.2, 0) is 9.53 Å². The average molecular weight is 401 g/mol. The number of aliphatic hydroxyl groups is 1. The molecule has 29 heavy (non-hydrogen) atoms. The second kappa shape index (κ2) is 5.49. The number of aliphatic hydroxyl groups excluding tert-OH is 1. The maximum absolute atomic E-state index is 11.4. The van der Waals surface area contributed by atoms with E-state index in [0.29, 0.717) is 39.6 Å². The van der Waals surface area contributed by atoms with Gasteiger partial charge in [-0.2, -0.15) is 0 Å². The quantitative estimate of drug-likeness (QED) is 0.620. The SMILES string of the molecule is CC1(C)[C@@H](O)CCC23C[C@]24CCC2(C)C5CCC(C=O)OC5C[C@@]2(C)C4CC[C@@H]13. The van der Waals surface area contributed by atoms with Crippen LogP contribution in [0.2, 0.25) is 0 Å². The molecular weight excluding hydrogens is 360 g/mol. The minimum atomic E-state index is -0.166. The van der Waals surface area contributed by atoms with Gasteiger partial charge in [0.25, 0.3) is 0 Å². The van der Waals surface area contributed by atoms with Crippen molar-refractivity contribution in [2.75, 3.05) is 0 Å². The van der Waals surface area contributed by atoms with E-state index in [1.807, 2.05) is 0 Å². The Morgan fingerprint density at radius 2 is 1.59 bits per heavy atom. The minimum absolute atomic E-state index is 0.0678. The van der Waals surface area contributed by atoms with Gasteiger partial charge in [0.2, 0.25) is 0 Å². The number of carbonyl (C=O) groups excluding carboxylic acids is 1. The highest BCUT2D eigenvalue weighted by Crippen LogP contribution is 2.89. The van der Waals surface area contributed by atoms with E-state index in [-0.39, 0.29) is 17.6 Å². The zero-order chi connectivity index (χ0) is 20.4. The minimum Gasteiger partial charge on any atom is -0.393 e. The summed E-state index contributed by atoms with van der Waals surface area (Å²) in [5, 5.41) is 10.8. The lowest BCUT2D eigenvalue weighted by Crippen LogP contribution is -2.57. The predicted molar refractivity (Wildman–Crippen MR) is 112 cm³/mol. The third-order valence-electron chi connectivity index (χ3n) is 12.5. The Kier molecular flexibility index (Phi) is 3.65. The van der Waals surface area contributed by atoms with E-state index in [2.05, 4.69) is 27.7 Å². The number of hydrogen-bond donors (Lipinski definition) is 1. The van der Waals surface area contributed by atoms with Crippen molar-refractivity contribution in [1.29, 1.82) is 0 Å². The molecule has 162 valence electrons. The van der Waals surface area contributed by atoms with Gasteiger partial charge in [0.15, 0.2) is 0 Å². The largest absolute Gasteiger partial charge is 0.393 e. The van der Waals surface area contributed by atoms with E-state index < -0.39 is 0 Å². The van der Waals surface area contributed by atoms with Crippen molar-refractivity contribution >= 4 is 6.29 Å². The Morgan fingerprint density at radius 1 is 0.862 bits per heavy atom. The molecule has 0 radical (unpaired) electrons. The Labute approximate surface area is 176 Å². The van der Waals surface area contributed by atoms with Crippen LogP contribution in [0.25, 0.3) is 0 Å². The average Bonchev–Trinajstić information content (AvgIpc) is 3.29. The summed E-state index contributed by atoms with van der Waals surface area (Å²) in [4.78, 5) is 11.4. The zero-order valence-corrected chi connectivity index (χ0v) is 18.9. The van der Waals surface area contributed by atoms with Crippen LogP contribution in [0.5, 0.6) is 0 Å². The predicted octanol–water partition coefficient (Wildman–Crippen LogP) is 5.14. The Hall–Kier alpha value is -0.410. The monoisotopic (exact) mass is 400 g/mol. The van der Waals surface area contributed by atoms with Crippen LogP contribution in [0, 0.1) is 44.8 Å². The molecule has 5 saturated carbocycles. The highest BCUT2D eigenvalue weighted by atomic mass is 16.5. The van der Waals surface area contributed by atoms with Crippen molar-refractivity contribution in [3.63, 3.8) is 0 Å². The number of rotatable bonds is 1. The van der Waals surface area contributed by atoms with E-state index in [1.54, 1.807) is 0 Å². The molecule has 6 aliphatic rings. The highest BCUT2D eigenvalue weighted by Gasteiger charge is 2.82. The van der Waals surface area contributed by atoms with E-state index in [1.165, 1.54) is 44.9 Å². The smallest absolute Gasteiger partial charge is 0.148 e. The van der Waals surface area contributed by atoms with Gasteiger partial charge in [-0.3, -0.25) is 0 Å². The van der Waals surface area contributed by atoms with Gasteiger partial charge in [-0.1, -0.05) is 27.7 Å². The van der Waals surface area contributed by atoms with Crippen molar-refractivity contribution in [2.24, 2.45) is 44.8 Å². The first-order valence-corrected chi connectivity index (χ1v) is 12.4. The summed E-state index contributed by atoms with van der Waals surface area (Å²) in [6.45, 7) is 9.90. The fourth-order valence-corrected chi connectivity index (χ4v) is 10.9. The number of fused-ring (bicyclic) bond motifs is 4. The Bertz CT molecular complexity index is 746. The van der Waals surface area contributed by atoms with Gasteiger partial charge in [-0.25, -0.2) is 0 Å². The third-order valence-corrected chi connectivity index (χ3v) is 12.5. The zero-order valence-electron chi connectivity index (χ0n) is 18.9. The van der Waals surface area contributed by atoms with Crippen LogP contribution in [-0.4, -0.2) is 29.7 Å². The first kappa shape index (κ1) is 19.3. The molecule has 0 aromatic heterocycles. The molecule has 10 atom stereocenters. The molecule has 2 spiro atoms. The Morgan fingerprint density at radius 3 is 2.34 bits per heavy atom. The van der Waals surface area contributed by atoms with Crippen LogP contribution in [0.3, 0.4) is 0 Å². The van der Waals surface area contributed by atoms with Crippen molar-refractivity contribution in [3.8, 4) is 0 Å². The third kappa shape index (κ3) is 1.98. The summed E-state index contributed by atoms with van der Waals surface area (Å²) in [5.74, 6) is 2.14. The lowest BCUT2D eigenvalue weighted by Gasteiger charge is -2.63. The van der Waals surface area contributed by atoms with Crippen LogP contribution in [0.15, 0.2) is 0 Å². The molecule has 5 aliphatic carbocycles. The summed E-state index contributed by atoms with van der Waals surface area (Å²) in [5.41, 5.74) is 1.80. The molecule has 6 unspecified atom stereocenters. The van der Waals surface area contributed by atoms with Crippen molar-refractivity contribution in [2.45, 2.75) is 110 Å². The molecule has 3 heteroatoms. The molecule has 1 N–H and O–H groups in total. The van der Waals surface area contributed by atoms with Gasteiger partial charge >= 0.3 is 0 Å². The molecule has 0 bridgehead atoms. The summed E-state index contributed by atoms with van der Waals surface area (Å²) >= 11 is 0. The van der Waals surface area contributed by atoms with Crippen molar-refractivity contribution in [3.05, 3.63) is 0 Å². The fourth-order valence-electron chi connectivity index (χ4n) is 10.9. The number of hydrogen-bond acceptors (Lipinski definition) is 3. The summed E-state index contributed by atoms with van der Waals surface area (Å²) < 4.78 is 6.36. The van der Waals surface area contributed by atoms with Gasteiger partial charge < -0.3 is 14.6 Å². The lowest BCUT2D eigenvalue weighted by molar-refractivity contribution is -0.161. The standard InChI is InChI=1S/C26H40O3/c1-22(2)19-7-8-20-24(4)13-18-17(6-5-16(14-27)29-18)23(24,3)11-12-26(20)15-25(19,26)10-9-21(22)28/h14,16-21,28H,5-13,15H2,1-4H3/t16?,17?,18?,19-,20?,21-,23?,24-,25?,26-/m0/s1. The molecule has 1 aliphatic heterocycles. The molecule has 6 fully saturated rings. The molecule has 0 aromatic carbocycles. The van der Waals surface area contributed by atoms with E-state index in [4.69, 9.17) is 4.74 Å². The number of carbonyl (C=O) groups is 1. The van der Waals surface area contributed by atoms with Crippen LogP contribution < -0.4 is 0 Å². The first-order valence-electron chi connectivity index (χ1n) is 12.4. The number of ether oxygens (including phenoxy) is 1. The Balaban J connectivity index is 1.37. The van der Waals surface area contributed by atoms with Crippen molar-refractivity contribution in [1.82, 2.24) is 0 Å². The maximum atomic E-state index is 11.4. The molecule has 6 rings (SSSR count). The molecule has 1 saturated heterocycles. The summed E-state index contributed by atoms with van der Waals surface area (Å²) in [7, 11) is 0. The van der Waals surface area contributed by atoms with Crippen LogP contribution >= 0.6 is 0 Å². The summed E-state index contributed by atoms with van der Waals surface area (Å²) in [6.07, 6.45) is 13.4. The number of aldehydes is 1. The van der Waals surface area contributed by atoms with Gasteiger partial charge in [0, 0.05) is 0 Å². The highest BCUT2D eigenvalue weighted by molar-refractivity contribution is 5.56. The molecule has 0 aromatic rings. The van der Waals surface area contributed by atoms with Gasteiger partial charge in [-0.05, 0) is 109 Å². The van der Waals surface area contributed by atoms with Crippen molar-refractivity contribution < 1.29 is 14.6 Å². The van der Waals surface area contributed by atoms with Gasteiger partial charge in [0.1, 0.15) is 12.4 Å². The lowest BCUT2D eigenvalue weighted by atomic mass is 9.42. The van der Waals surface area contributed by atoms with Crippen LogP contribution in [0.4, 0.5) is 0 Å². The van der Waals surface area contributed by atoms with Gasteiger partial charge in [0.05, 0.1) is 12.2 Å². The molecule has 3 nitrogen and oxygen atoms in total. The topological polar surface area (TPSA) is 46.5 Å². The second-order valence-electron chi connectivity index (χ2n) is 13.1. The first-order chi connectivity index (χ1) is 13.6. The fraction of sp³-hybridized carbons (Fsp3) is 0.962. The molecule has 0 amide bonds. The molecule has 1 heterocycles. The van der Waals surface area contributed by atoms with E-state index >= 15 is 0 Å². The van der Waals surface area contributed by atoms with E-state index in [0.717, 1.165) is 31.5 Å². The van der Waals surface area contributed by atoms with E-state index in [9.17, 15) is 9.90 Å². The maximum Gasteiger partial charge on any atom is 0.148 e. The van der Waals surface area contributed by atoms with Gasteiger partial charge in [-0.15, -0.1) is 0 Å².